The predicted octanol–water partition coefficient (Wildman–Crippen LogP) is 2.26. The number of fused-ring (bicyclic) bond motifs is 1. The number of anilines is 1. The number of carbonyl (C=O) groups is 1. The maximum atomic E-state index is 13.2. The van der Waals surface area contributed by atoms with Crippen LogP contribution >= 0.6 is 0 Å². The van der Waals surface area contributed by atoms with E-state index in [0.717, 1.165) is 4.40 Å². The number of halogens is 3. The minimum absolute atomic E-state index is 0.0389. The molecule has 3 N–H and O–H groups in total. The molecule has 0 bridgehead atoms. The van der Waals surface area contributed by atoms with E-state index in [1.165, 1.54) is 18.3 Å². The lowest BCUT2D eigenvalue weighted by Gasteiger charge is -2.09. The number of nitrogen functional groups attached to an aromatic ring is 1. The van der Waals surface area contributed by atoms with E-state index in [9.17, 15) is 18.0 Å². The molecule has 1 amide bonds. The van der Waals surface area contributed by atoms with Crippen LogP contribution in [-0.4, -0.2) is 20.3 Å². The maximum absolute atomic E-state index is 13.2. The average Bonchev–Trinajstić information content (AvgIpc) is 2.92. The normalized spacial score (nSPS) is 11.6. The van der Waals surface area contributed by atoms with Gasteiger partial charge in [0.05, 0.1) is 12.2 Å². The molecule has 3 aromatic rings. The Balaban J connectivity index is 1.94. The first-order valence-electron chi connectivity index (χ1n) is 6.90. The lowest BCUT2D eigenvalue weighted by atomic mass is 10.2. The third-order valence-electron chi connectivity index (χ3n) is 3.27. The fourth-order valence-electron chi connectivity index (χ4n) is 2.26. The van der Waals surface area contributed by atoms with Gasteiger partial charge in [-0.2, -0.15) is 13.2 Å². The van der Waals surface area contributed by atoms with Crippen LogP contribution in [-0.2, 0) is 12.7 Å². The first-order valence-corrected chi connectivity index (χ1v) is 6.90. The number of carbonyl (C=O) groups excluding carboxylic acids is 1. The molecule has 0 saturated carbocycles. The number of hydrogen-bond acceptors (Lipinski definition) is 4. The third kappa shape index (κ3) is 3.00. The quantitative estimate of drug-likeness (QED) is 0.769. The molecule has 0 aliphatic heterocycles. The van der Waals surface area contributed by atoms with Crippen molar-refractivity contribution in [3.05, 3.63) is 59.7 Å². The Bertz CT molecular complexity index is 904. The number of nitrogens with one attached hydrogen (secondary N) is 1. The molecular formula is C15H12F3N5O. The largest absolute Gasteiger partial charge is 0.435 e. The zero-order valence-corrected chi connectivity index (χ0v) is 12.2. The second kappa shape index (κ2) is 5.84. The number of rotatable bonds is 3. The fourth-order valence-corrected chi connectivity index (χ4v) is 2.26. The van der Waals surface area contributed by atoms with Crippen molar-refractivity contribution in [2.24, 2.45) is 0 Å². The molecule has 3 aromatic heterocycles. The minimum Gasteiger partial charge on any atom is -0.384 e. The summed E-state index contributed by atoms with van der Waals surface area (Å²) in [5, 5.41) is 2.42. The topological polar surface area (TPSA) is 85.3 Å². The smallest absolute Gasteiger partial charge is 0.384 e. The minimum atomic E-state index is -4.74. The standard InChI is InChI=1S/C15H12F3N5O/c16-15(17,18)13-12(23-7-2-1-6-11(23)22-13)14(24)20-8-9-4-3-5-10(19)21-9/h1-7H,8H2,(H2,19,21)(H,20,24). The molecule has 3 heterocycles. The molecule has 0 fully saturated rings. The Hall–Kier alpha value is -3.10. The van der Waals surface area contributed by atoms with Crippen molar-refractivity contribution >= 4 is 17.4 Å². The average molecular weight is 335 g/mol. The molecule has 0 radical (unpaired) electrons. The molecule has 0 aliphatic carbocycles. The van der Waals surface area contributed by atoms with Gasteiger partial charge in [0.1, 0.15) is 17.2 Å². The molecule has 3 rings (SSSR count). The van der Waals surface area contributed by atoms with Gasteiger partial charge >= 0.3 is 6.18 Å². The Labute approximate surface area is 134 Å². The lowest BCUT2D eigenvalue weighted by molar-refractivity contribution is -0.141. The lowest BCUT2D eigenvalue weighted by Crippen LogP contribution is -2.27. The van der Waals surface area contributed by atoms with Crippen molar-refractivity contribution < 1.29 is 18.0 Å². The highest BCUT2D eigenvalue weighted by Crippen LogP contribution is 2.31. The van der Waals surface area contributed by atoms with Gasteiger partial charge in [0.25, 0.3) is 5.91 Å². The second-order valence-electron chi connectivity index (χ2n) is 4.97. The highest BCUT2D eigenvalue weighted by Gasteiger charge is 2.40. The molecule has 0 saturated heterocycles. The van der Waals surface area contributed by atoms with Gasteiger partial charge in [-0.1, -0.05) is 12.1 Å². The van der Waals surface area contributed by atoms with Gasteiger partial charge in [-0.25, -0.2) is 9.97 Å². The van der Waals surface area contributed by atoms with Crippen LogP contribution < -0.4 is 11.1 Å². The van der Waals surface area contributed by atoms with Gasteiger partial charge in [-0.15, -0.1) is 0 Å². The number of aromatic nitrogens is 3. The monoisotopic (exact) mass is 335 g/mol. The molecule has 0 unspecified atom stereocenters. The predicted molar refractivity (Wildman–Crippen MR) is 80.0 cm³/mol. The van der Waals surface area contributed by atoms with E-state index in [4.69, 9.17) is 5.73 Å². The van der Waals surface area contributed by atoms with Gasteiger partial charge in [0.15, 0.2) is 5.69 Å². The van der Waals surface area contributed by atoms with E-state index >= 15 is 0 Å². The summed E-state index contributed by atoms with van der Waals surface area (Å²) in [7, 11) is 0. The summed E-state index contributed by atoms with van der Waals surface area (Å²) >= 11 is 0. The summed E-state index contributed by atoms with van der Waals surface area (Å²) in [5.74, 6) is -0.641. The molecule has 6 nitrogen and oxygen atoms in total. The molecule has 24 heavy (non-hydrogen) atoms. The molecule has 0 aliphatic rings. The molecule has 0 atom stereocenters. The summed E-state index contributed by atoms with van der Waals surface area (Å²) in [4.78, 5) is 19.8. The Morgan fingerprint density at radius 2 is 1.96 bits per heavy atom. The van der Waals surface area contributed by atoms with Crippen LogP contribution in [0.15, 0.2) is 42.6 Å². The number of nitrogens with zero attached hydrogens (tertiary/aromatic N) is 3. The summed E-state index contributed by atoms with van der Waals surface area (Å²) < 4.78 is 40.6. The summed E-state index contributed by atoms with van der Waals surface area (Å²) in [6, 6.07) is 9.27. The molecule has 0 aromatic carbocycles. The number of pyridine rings is 2. The van der Waals surface area contributed by atoms with Crippen LogP contribution in [0, 0.1) is 0 Å². The zero-order chi connectivity index (χ0) is 17.3. The van der Waals surface area contributed by atoms with Crippen LogP contribution in [0.1, 0.15) is 21.9 Å². The van der Waals surface area contributed by atoms with Gasteiger partial charge in [-0.05, 0) is 24.3 Å². The van der Waals surface area contributed by atoms with E-state index in [1.54, 1.807) is 24.3 Å². The van der Waals surface area contributed by atoms with Gasteiger partial charge < -0.3 is 11.1 Å². The second-order valence-corrected chi connectivity index (χ2v) is 4.97. The highest BCUT2D eigenvalue weighted by molar-refractivity contribution is 5.94. The Morgan fingerprint density at radius 3 is 2.67 bits per heavy atom. The number of imidazole rings is 1. The molecule has 0 spiro atoms. The van der Waals surface area contributed by atoms with Gasteiger partial charge in [0, 0.05) is 6.20 Å². The van der Waals surface area contributed by atoms with E-state index in [-0.39, 0.29) is 18.0 Å². The van der Waals surface area contributed by atoms with Crippen molar-refractivity contribution in [2.45, 2.75) is 12.7 Å². The van der Waals surface area contributed by atoms with E-state index < -0.39 is 23.5 Å². The number of amides is 1. The number of hydrogen-bond donors (Lipinski definition) is 2. The summed E-state index contributed by atoms with van der Waals surface area (Å²) in [6.07, 6.45) is -3.39. The van der Waals surface area contributed by atoms with Crippen molar-refractivity contribution in [1.29, 1.82) is 0 Å². The van der Waals surface area contributed by atoms with E-state index in [0.29, 0.717) is 5.69 Å². The third-order valence-corrected chi connectivity index (χ3v) is 3.27. The number of alkyl halides is 3. The summed E-state index contributed by atoms with van der Waals surface area (Å²) in [5.41, 5.74) is 4.21. The molecule has 9 heteroatoms. The first kappa shape index (κ1) is 15.8. The van der Waals surface area contributed by atoms with Gasteiger partial charge in [-0.3, -0.25) is 9.20 Å². The molecular weight excluding hydrogens is 323 g/mol. The fraction of sp³-hybridized carbons (Fsp3) is 0.133. The van der Waals surface area contributed by atoms with Crippen molar-refractivity contribution in [2.75, 3.05) is 5.73 Å². The van der Waals surface area contributed by atoms with E-state index in [1.807, 2.05) is 0 Å². The van der Waals surface area contributed by atoms with Crippen LogP contribution in [0.25, 0.3) is 5.65 Å². The van der Waals surface area contributed by atoms with Crippen molar-refractivity contribution in [1.82, 2.24) is 19.7 Å². The van der Waals surface area contributed by atoms with Crippen LogP contribution in [0.5, 0.6) is 0 Å². The first-order chi connectivity index (χ1) is 11.4. The SMILES string of the molecule is Nc1cccc(CNC(=O)c2c(C(F)(F)F)nc3ccccn23)n1. The zero-order valence-electron chi connectivity index (χ0n) is 12.2. The summed E-state index contributed by atoms with van der Waals surface area (Å²) in [6.45, 7) is -0.0543. The van der Waals surface area contributed by atoms with Crippen LogP contribution in [0.2, 0.25) is 0 Å². The highest BCUT2D eigenvalue weighted by atomic mass is 19.4. The van der Waals surface area contributed by atoms with Crippen LogP contribution in [0.4, 0.5) is 19.0 Å². The Kier molecular flexibility index (Phi) is 3.84. The maximum Gasteiger partial charge on any atom is 0.435 e. The van der Waals surface area contributed by atoms with Crippen LogP contribution in [0.3, 0.4) is 0 Å². The number of nitrogens with two attached hydrogens (primary N) is 1. The van der Waals surface area contributed by atoms with Crippen molar-refractivity contribution in [3.8, 4) is 0 Å². The van der Waals surface area contributed by atoms with E-state index in [2.05, 4.69) is 15.3 Å². The van der Waals surface area contributed by atoms with Crippen molar-refractivity contribution in [3.63, 3.8) is 0 Å². The molecule has 124 valence electrons. The Morgan fingerprint density at radius 1 is 1.17 bits per heavy atom. The van der Waals surface area contributed by atoms with Gasteiger partial charge in [0.2, 0.25) is 0 Å².